The summed E-state index contributed by atoms with van der Waals surface area (Å²) in [4.78, 5) is 3.52. The average molecular weight is 291 g/mol. The van der Waals surface area contributed by atoms with Crippen LogP contribution in [0.4, 0.5) is 18.9 Å². The molecule has 0 unspecified atom stereocenters. The first-order valence-corrected chi connectivity index (χ1v) is 5.10. The van der Waals surface area contributed by atoms with Gasteiger partial charge >= 0.3 is 6.18 Å². The molecule has 0 bridgehead atoms. The van der Waals surface area contributed by atoms with Crippen molar-refractivity contribution >= 4 is 32.5 Å². The Hall–Kier alpha value is -1.30. The average Bonchev–Trinajstić information content (AvgIpc) is 2.17. The summed E-state index contributed by atoms with van der Waals surface area (Å²) in [6.45, 7) is 0. The van der Waals surface area contributed by atoms with Crippen molar-refractivity contribution in [3.63, 3.8) is 0 Å². The Morgan fingerprint density at radius 3 is 2.50 bits per heavy atom. The molecular formula is C10H6BrF3N2. The third-order valence-corrected chi connectivity index (χ3v) is 2.59. The largest absolute Gasteiger partial charge is 0.433 e. The molecule has 6 heteroatoms. The van der Waals surface area contributed by atoms with Crippen LogP contribution in [0.5, 0.6) is 0 Å². The molecule has 0 aliphatic heterocycles. The Labute approximate surface area is 97.4 Å². The van der Waals surface area contributed by atoms with E-state index in [9.17, 15) is 13.2 Å². The van der Waals surface area contributed by atoms with Crippen molar-refractivity contribution < 1.29 is 13.2 Å². The van der Waals surface area contributed by atoms with Gasteiger partial charge in [0.2, 0.25) is 0 Å². The van der Waals surface area contributed by atoms with Gasteiger partial charge in [-0.05, 0) is 24.3 Å². The van der Waals surface area contributed by atoms with Crippen LogP contribution in [-0.2, 0) is 6.18 Å². The van der Waals surface area contributed by atoms with Gasteiger partial charge in [-0.1, -0.05) is 15.9 Å². The van der Waals surface area contributed by atoms with Gasteiger partial charge in [-0.3, -0.25) is 0 Å². The first kappa shape index (κ1) is 11.2. The number of halogens is 4. The standard InChI is InChI=1S/C10H6BrF3N2/c11-5-1-2-8-6(3-5)7(15)4-9(16-8)10(12,13)14/h1-4H,(H2,15,16). The van der Waals surface area contributed by atoms with E-state index >= 15 is 0 Å². The number of pyridine rings is 1. The van der Waals surface area contributed by atoms with Crippen molar-refractivity contribution in [2.45, 2.75) is 6.18 Å². The molecular weight excluding hydrogens is 285 g/mol. The summed E-state index contributed by atoms with van der Waals surface area (Å²) in [5, 5.41) is 0.502. The summed E-state index contributed by atoms with van der Waals surface area (Å²) in [5.41, 5.74) is 4.89. The number of fused-ring (bicyclic) bond motifs is 1. The number of anilines is 1. The van der Waals surface area contributed by atoms with Crippen LogP contribution in [0.2, 0.25) is 0 Å². The maximum Gasteiger partial charge on any atom is 0.433 e. The molecule has 0 saturated heterocycles. The first-order chi connectivity index (χ1) is 7.38. The number of aromatic nitrogens is 1. The van der Waals surface area contributed by atoms with E-state index in [1.807, 2.05) is 0 Å². The summed E-state index contributed by atoms with van der Waals surface area (Å²) in [5.74, 6) is 0. The highest BCUT2D eigenvalue weighted by molar-refractivity contribution is 9.10. The van der Waals surface area contributed by atoms with Crippen molar-refractivity contribution in [2.75, 3.05) is 5.73 Å². The molecule has 0 spiro atoms. The fourth-order valence-corrected chi connectivity index (χ4v) is 1.73. The van der Waals surface area contributed by atoms with Crippen LogP contribution in [0, 0.1) is 0 Å². The van der Waals surface area contributed by atoms with Gasteiger partial charge in [0.15, 0.2) is 0 Å². The van der Waals surface area contributed by atoms with Crippen LogP contribution in [0.25, 0.3) is 10.9 Å². The van der Waals surface area contributed by atoms with Crippen molar-refractivity contribution in [3.8, 4) is 0 Å². The highest BCUT2D eigenvalue weighted by Gasteiger charge is 2.33. The second kappa shape index (κ2) is 3.62. The third-order valence-electron chi connectivity index (χ3n) is 2.09. The van der Waals surface area contributed by atoms with Gasteiger partial charge in [-0.15, -0.1) is 0 Å². The van der Waals surface area contributed by atoms with E-state index in [2.05, 4.69) is 20.9 Å². The van der Waals surface area contributed by atoms with Crippen molar-refractivity contribution in [1.29, 1.82) is 0 Å². The first-order valence-electron chi connectivity index (χ1n) is 4.31. The molecule has 0 aliphatic carbocycles. The zero-order valence-electron chi connectivity index (χ0n) is 7.85. The van der Waals surface area contributed by atoms with Crippen LogP contribution in [0.1, 0.15) is 5.69 Å². The topological polar surface area (TPSA) is 38.9 Å². The van der Waals surface area contributed by atoms with Crippen molar-refractivity contribution in [3.05, 3.63) is 34.4 Å². The van der Waals surface area contributed by atoms with Gasteiger partial charge in [-0.2, -0.15) is 13.2 Å². The number of nitrogens with zero attached hydrogens (tertiary/aromatic N) is 1. The van der Waals surface area contributed by atoms with E-state index < -0.39 is 11.9 Å². The summed E-state index contributed by atoms with van der Waals surface area (Å²) >= 11 is 3.22. The molecule has 0 radical (unpaired) electrons. The van der Waals surface area contributed by atoms with Gasteiger partial charge < -0.3 is 5.73 Å². The number of nitrogen functional groups attached to an aromatic ring is 1. The maximum absolute atomic E-state index is 12.4. The van der Waals surface area contributed by atoms with Crippen LogP contribution in [0.3, 0.4) is 0 Å². The second-order valence-electron chi connectivity index (χ2n) is 3.26. The van der Waals surface area contributed by atoms with E-state index in [1.165, 1.54) is 6.07 Å². The molecule has 0 aliphatic rings. The molecule has 2 aromatic rings. The molecule has 0 fully saturated rings. The van der Waals surface area contributed by atoms with Crippen LogP contribution < -0.4 is 5.73 Å². The van der Waals surface area contributed by atoms with Gasteiger partial charge in [0.1, 0.15) is 5.69 Å². The van der Waals surface area contributed by atoms with Crippen LogP contribution >= 0.6 is 15.9 Å². The minimum absolute atomic E-state index is 0.0682. The van der Waals surface area contributed by atoms with E-state index in [0.29, 0.717) is 5.39 Å². The van der Waals surface area contributed by atoms with Crippen LogP contribution in [-0.4, -0.2) is 4.98 Å². The molecule has 84 valence electrons. The Balaban J connectivity index is 2.74. The normalized spacial score (nSPS) is 12.0. The zero-order chi connectivity index (χ0) is 11.9. The minimum Gasteiger partial charge on any atom is -0.398 e. The van der Waals surface area contributed by atoms with E-state index in [0.717, 1.165) is 10.5 Å². The SMILES string of the molecule is Nc1cc(C(F)(F)F)nc2ccc(Br)cc12. The predicted molar refractivity (Wildman–Crippen MR) is 58.9 cm³/mol. The number of alkyl halides is 3. The number of hydrogen-bond donors (Lipinski definition) is 1. The highest BCUT2D eigenvalue weighted by Crippen LogP contribution is 2.32. The highest BCUT2D eigenvalue weighted by atomic mass is 79.9. The summed E-state index contributed by atoms with van der Waals surface area (Å²) in [6.07, 6.45) is -4.48. The summed E-state index contributed by atoms with van der Waals surface area (Å²) < 4.78 is 38.1. The lowest BCUT2D eigenvalue weighted by atomic mass is 10.1. The number of hydrogen-bond acceptors (Lipinski definition) is 2. The van der Waals surface area contributed by atoms with E-state index in [1.54, 1.807) is 12.1 Å². The Kier molecular flexibility index (Phi) is 2.53. The van der Waals surface area contributed by atoms with Gasteiger partial charge in [0.05, 0.1) is 5.52 Å². The third kappa shape index (κ3) is 1.97. The number of nitrogens with two attached hydrogens (primary N) is 1. The minimum atomic E-state index is -4.48. The Bertz CT molecular complexity index is 551. The molecule has 1 aromatic heterocycles. The molecule has 16 heavy (non-hydrogen) atoms. The van der Waals surface area contributed by atoms with Crippen molar-refractivity contribution in [2.24, 2.45) is 0 Å². The molecule has 2 rings (SSSR count). The lowest BCUT2D eigenvalue weighted by molar-refractivity contribution is -0.140. The lowest BCUT2D eigenvalue weighted by Crippen LogP contribution is -2.09. The fraction of sp³-hybridized carbons (Fsp3) is 0.100. The zero-order valence-corrected chi connectivity index (χ0v) is 9.43. The number of benzene rings is 1. The molecule has 0 atom stereocenters. The molecule has 0 amide bonds. The molecule has 0 saturated carbocycles. The smallest absolute Gasteiger partial charge is 0.398 e. The molecule has 2 nitrogen and oxygen atoms in total. The van der Waals surface area contributed by atoms with E-state index in [4.69, 9.17) is 5.73 Å². The Morgan fingerprint density at radius 1 is 1.19 bits per heavy atom. The monoisotopic (exact) mass is 290 g/mol. The summed E-state index contributed by atoms with van der Waals surface area (Å²) in [7, 11) is 0. The number of rotatable bonds is 0. The fourth-order valence-electron chi connectivity index (χ4n) is 1.37. The van der Waals surface area contributed by atoms with Crippen molar-refractivity contribution in [1.82, 2.24) is 4.98 Å². The molecule has 1 heterocycles. The summed E-state index contributed by atoms with van der Waals surface area (Å²) in [6, 6.07) is 5.59. The van der Waals surface area contributed by atoms with E-state index in [-0.39, 0.29) is 11.2 Å². The van der Waals surface area contributed by atoms with Crippen LogP contribution in [0.15, 0.2) is 28.7 Å². The second-order valence-corrected chi connectivity index (χ2v) is 4.17. The lowest BCUT2D eigenvalue weighted by Gasteiger charge is -2.09. The van der Waals surface area contributed by atoms with Gasteiger partial charge in [-0.25, -0.2) is 4.98 Å². The van der Waals surface area contributed by atoms with Gasteiger partial charge in [0.25, 0.3) is 0 Å². The Morgan fingerprint density at radius 2 is 1.88 bits per heavy atom. The molecule has 1 aromatic carbocycles. The van der Waals surface area contributed by atoms with Gasteiger partial charge in [0, 0.05) is 15.5 Å². The molecule has 2 N–H and O–H groups in total. The quantitative estimate of drug-likeness (QED) is 0.805. The maximum atomic E-state index is 12.4. The predicted octanol–water partition coefficient (Wildman–Crippen LogP) is 3.60.